The normalized spacial score (nSPS) is 11.3. The number of benzene rings is 2. The van der Waals surface area contributed by atoms with E-state index in [4.69, 9.17) is 15.2 Å². The van der Waals surface area contributed by atoms with Crippen LogP contribution in [0.1, 0.15) is 21.5 Å². The Balaban J connectivity index is 1.99. The Morgan fingerprint density at radius 1 is 1.26 bits per heavy atom. The molecule has 0 bridgehead atoms. The van der Waals surface area contributed by atoms with Crippen LogP contribution in [0.2, 0.25) is 0 Å². The number of carbonyl (C=O) groups excluding carboxylic acids is 3. The minimum Gasteiger partial charge on any atom is -0.489 e. The number of ether oxygens (including phenoxy) is 2. The second kappa shape index (κ2) is 9.33. The molecule has 142 valence electrons. The van der Waals surface area contributed by atoms with Crippen LogP contribution in [0.5, 0.6) is 5.75 Å². The van der Waals surface area contributed by atoms with Gasteiger partial charge in [0.15, 0.2) is 0 Å². The summed E-state index contributed by atoms with van der Waals surface area (Å²) in [6.07, 6.45) is -1.84. The first-order valence-electron chi connectivity index (χ1n) is 8.06. The molecule has 8 heteroatoms. The molecule has 0 aliphatic rings. The van der Waals surface area contributed by atoms with E-state index in [-0.39, 0.29) is 18.7 Å². The van der Waals surface area contributed by atoms with Crippen LogP contribution >= 0.6 is 0 Å². The van der Waals surface area contributed by atoms with Gasteiger partial charge in [0.2, 0.25) is 6.10 Å². The number of primary amides is 1. The van der Waals surface area contributed by atoms with E-state index in [1.54, 1.807) is 37.3 Å². The molecule has 7 nitrogen and oxygen atoms in total. The number of nitrogens with one attached hydrogen (secondary N) is 1. The zero-order chi connectivity index (χ0) is 19.8. The minimum atomic E-state index is -1.34. The van der Waals surface area contributed by atoms with Gasteiger partial charge < -0.3 is 20.5 Å². The second-order valence-electron chi connectivity index (χ2n) is 5.74. The number of amides is 2. The first kappa shape index (κ1) is 19.9. The third-order valence-corrected chi connectivity index (χ3v) is 3.61. The van der Waals surface area contributed by atoms with Crippen molar-refractivity contribution in [2.24, 2.45) is 5.73 Å². The lowest BCUT2D eigenvalue weighted by molar-refractivity contribution is -0.131. The summed E-state index contributed by atoms with van der Waals surface area (Å²) in [6, 6.07) is 10.8. The first-order valence-corrected chi connectivity index (χ1v) is 8.06. The van der Waals surface area contributed by atoms with Gasteiger partial charge in [0.1, 0.15) is 24.5 Å². The van der Waals surface area contributed by atoms with Gasteiger partial charge in [-0.3, -0.25) is 9.59 Å². The van der Waals surface area contributed by atoms with Gasteiger partial charge in [-0.2, -0.15) is 0 Å². The van der Waals surface area contributed by atoms with Crippen LogP contribution in [-0.2, 0) is 16.1 Å². The zero-order valence-corrected chi connectivity index (χ0v) is 14.6. The quantitative estimate of drug-likeness (QED) is 0.688. The molecule has 2 rings (SSSR count). The maximum atomic E-state index is 13.8. The third kappa shape index (κ3) is 6.10. The largest absolute Gasteiger partial charge is 0.489 e. The fourth-order valence-corrected chi connectivity index (χ4v) is 2.24. The van der Waals surface area contributed by atoms with E-state index < -0.39 is 23.9 Å². The third-order valence-electron chi connectivity index (χ3n) is 3.61. The monoisotopic (exact) mass is 374 g/mol. The summed E-state index contributed by atoms with van der Waals surface area (Å²) in [5.74, 6) is -0.833. The predicted octanol–water partition coefficient (Wildman–Crippen LogP) is 2.11. The number of aldehydes is 1. The molecule has 0 heterocycles. The number of hydrogen-bond donors (Lipinski definition) is 2. The van der Waals surface area contributed by atoms with Gasteiger partial charge in [0, 0.05) is 17.7 Å². The zero-order valence-electron chi connectivity index (χ0n) is 14.6. The van der Waals surface area contributed by atoms with Crippen LogP contribution in [0.4, 0.5) is 9.18 Å². The molecule has 3 N–H and O–H groups in total. The maximum absolute atomic E-state index is 13.8. The molecular weight excluding hydrogens is 355 g/mol. The Bertz CT molecular complexity index is 841. The summed E-state index contributed by atoms with van der Waals surface area (Å²) in [5, 5.41) is 2.48. The SMILES string of the molecule is Cc1ccc(CNC(=O)C(COc2cccc(C=O)c2)OC(N)=O)c(F)c1. The molecule has 0 spiro atoms. The van der Waals surface area contributed by atoms with Gasteiger partial charge in [0.25, 0.3) is 5.91 Å². The highest BCUT2D eigenvalue weighted by molar-refractivity contribution is 5.83. The van der Waals surface area contributed by atoms with Crippen molar-refractivity contribution in [3.8, 4) is 5.75 Å². The fraction of sp³-hybridized carbons (Fsp3) is 0.211. The molecule has 0 aromatic heterocycles. The molecule has 0 saturated carbocycles. The number of aryl methyl sites for hydroxylation is 1. The molecular formula is C19H19FN2O5. The minimum absolute atomic E-state index is 0.0931. The molecule has 0 fully saturated rings. The van der Waals surface area contributed by atoms with Gasteiger partial charge in [-0.25, -0.2) is 9.18 Å². The summed E-state index contributed by atoms with van der Waals surface area (Å²) in [5.41, 5.74) is 6.42. The highest BCUT2D eigenvalue weighted by atomic mass is 19.1. The Hall–Kier alpha value is -3.42. The first-order chi connectivity index (χ1) is 12.9. The number of rotatable bonds is 8. The van der Waals surface area contributed by atoms with Crippen molar-refractivity contribution in [1.82, 2.24) is 5.32 Å². The molecule has 2 aromatic carbocycles. The smallest absolute Gasteiger partial charge is 0.405 e. The molecule has 27 heavy (non-hydrogen) atoms. The van der Waals surface area contributed by atoms with Crippen molar-refractivity contribution < 1.29 is 28.2 Å². The summed E-state index contributed by atoms with van der Waals surface area (Å²) >= 11 is 0. The van der Waals surface area contributed by atoms with Gasteiger partial charge >= 0.3 is 6.09 Å². The number of nitrogens with two attached hydrogens (primary N) is 1. The number of halogens is 1. The van der Waals surface area contributed by atoms with E-state index in [9.17, 15) is 18.8 Å². The van der Waals surface area contributed by atoms with E-state index in [2.05, 4.69) is 5.32 Å². The van der Waals surface area contributed by atoms with E-state index in [1.807, 2.05) is 0 Å². The molecule has 0 aliphatic carbocycles. The molecule has 1 atom stereocenters. The molecule has 0 aliphatic heterocycles. The van der Waals surface area contributed by atoms with Crippen molar-refractivity contribution in [2.45, 2.75) is 19.6 Å². The topological polar surface area (TPSA) is 108 Å². The van der Waals surface area contributed by atoms with Crippen molar-refractivity contribution in [3.05, 3.63) is 65.0 Å². The van der Waals surface area contributed by atoms with Crippen molar-refractivity contribution >= 4 is 18.3 Å². The van der Waals surface area contributed by atoms with E-state index in [0.717, 1.165) is 5.56 Å². The summed E-state index contributed by atoms with van der Waals surface area (Å²) in [7, 11) is 0. The summed E-state index contributed by atoms with van der Waals surface area (Å²) in [6.45, 7) is 1.33. The van der Waals surface area contributed by atoms with Crippen LogP contribution in [-0.4, -0.2) is 31.0 Å². The predicted molar refractivity (Wildman–Crippen MR) is 94.8 cm³/mol. The fourth-order valence-electron chi connectivity index (χ4n) is 2.24. The average molecular weight is 374 g/mol. The summed E-state index contributed by atoms with van der Waals surface area (Å²) < 4.78 is 24.0. The number of carbonyl (C=O) groups is 3. The lowest BCUT2D eigenvalue weighted by Crippen LogP contribution is -2.42. The van der Waals surface area contributed by atoms with E-state index in [0.29, 0.717) is 17.6 Å². The highest BCUT2D eigenvalue weighted by Gasteiger charge is 2.23. The Labute approximate surface area is 155 Å². The van der Waals surface area contributed by atoms with Crippen molar-refractivity contribution in [1.29, 1.82) is 0 Å². The van der Waals surface area contributed by atoms with Gasteiger partial charge in [-0.05, 0) is 30.7 Å². The molecule has 1 unspecified atom stereocenters. The van der Waals surface area contributed by atoms with Gasteiger partial charge in [0.05, 0.1) is 0 Å². The Morgan fingerprint density at radius 2 is 2.04 bits per heavy atom. The lowest BCUT2D eigenvalue weighted by Gasteiger charge is -2.17. The molecule has 0 saturated heterocycles. The van der Waals surface area contributed by atoms with Crippen LogP contribution in [0.15, 0.2) is 42.5 Å². The van der Waals surface area contributed by atoms with E-state index in [1.165, 1.54) is 12.1 Å². The maximum Gasteiger partial charge on any atom is 0.405 e. The number of hydrogen-bond acceptors (Lipinski definition) is 5. The van der Waals surface area contributed by atoms with Gasteiger partial charge in [-0.1, -0.05) is 24.3 Å². The van der Waals surface area contributed by atoms with Crippen LogP contribution in [0, 0.1) is 12.7 Å². The Morgan fingerprint density at radius 3 is 2.70 bits per heavy atom. The lowest BCUT2D eigenvalue weighted by atomic mass is 10.1. The highest BCUT2D eigenvalue weighted by Crippen LogP contribution is 2.13. The Kier molecular flexibility index (Phi) is 6.87. The van der Waals surface area contributed by atoms with Crippen LogP contribution < -0.4 is 15.8 Å². The van der Waals surface area contributed by atoms with Crippen molar-refractivity contribution in [2.75, 3.05) is 6.61 Å². The molecule has 2 amide bonds. The second-order valence-corrected chi connectivity index (χ2v) is 5.74. The summed E-state index contributed by atoms with van der Waals surface area (Å²) in [4.78, 5) is 34.1. The average Bonchev–Trinajstić information content (AvgIpc) is 2.64. The van der Waals surface area contributed by atoms with Crippen LogP contribution in [0.25, 0.3) is 0 Å². The standard InChI is InChI=1S/C19H19FN2O5/c1-12-5-6-14(16(20)7-12)9-22-18(24)17(27-19(21)25)11-26-15-4-2-3-13(8-15)10-23/h2-8,10,17H,9,11H2,1H3,(H2,21,25)(H,22,24). The molecule has 0 radical (unpaired) electrons. The van der Waals surface area contributed by atoms with E-state index >= 15 is 0 Å². The van der Waals surface area contributed by atoms with Crippen LogP contribution in [0.3, 0.4) is 0 Å². The van der Waals surface area contributed by atoms with Crippen molar-refractivity contribution in [3.63, 3.8) is 0 Å². The molecule has 2 aromatic rings. The van der Waals surface area contributed by atoms with Gasteiger partial charge in [-0.15, -0.1) is 0 Å².